The normalized spacial score (nSPS) is 12.5. The highest BCUT2D eigenvalue weighted by molar-refractivity contribution is 5.37. The van der Waals surface area contributed by atoms with Crippen LogP contribution in [-0.2, 0) is 0 Å². The first-order valence-corrected chi connectivity index (χ1v) is 5.83. The molecular formula is C14H10F5NO. The minimum absolute atomic E-state index is 0.151. The Balaban J connectivity index is 2.38. The summed E-state index contributed by atoms with van der Waals surface area (Å²) >= 11 is 0. The maximum absolute atomic E-state index is 13.6. The van der Waals surface area contributed by atoms with E-state index < -0.39 is 35.7 Å². The zero-order valence-electron chi connectivity index (χ0n) is 10.5. The number of alkyl halides is 2. The Morgan fingerprint density at radius 1 is 0.952 bits per heavy atom. The smallest absolute Gasteiger partial charge is 0.387 e. The van der Waals surface area contributed by atoms with Gasteiger partial charge in [0.15, 0.2) is 0 Å². The largest absolute Gasteiger partial charge is 0.435 e. The molecule has 2 rings (SSSR count). The lowest BCUT2D eigenvalue weighted by molar-refractivity contribution is -0.0498. The molecule has 21 heavy (non-hydrogen) atoms. The van der Waals surface area contributed by atoms with Crippen molar-refractivity contribution in [2.75, 3.05) is 0 Å². The lowest BCUT2D eigenvalue weighted by Gasteiger charge is -2.15. The van der Waals surface area contributed by atoms with Gasteiger partial charge in [0.2, 0.25) is 0 Å². The van der Waals surface area contributed by atoms with E-state index in [0.29, 0.717) is 12.1 Å². The summed E-state index contributed by atoms with van der Waals surface area (Å²) in [4.78, 5) is 0. The van der Waals surface area contributed by atoms with E-state index in [1.807, 2.05) is 0 Å². The van der Waals surface area contributed by atoms with Crippen molar-refractivity contribution in [1.82, 2.24) is 0 Å². The first-order chi connectivity index (χ1) is 9.88. The molecule has 0 radical (unpaired) electrons. The molecule has 0 aromatic heterocycles. The predicted molar refractivity (Wildman–Crippen MR) is 65.4 cm³/mol. The van der Waals surface area contributed by atoms with E-state index in [2.05, 4.69) is 4.74 Å². The molecule has 1 unspecified atom stereocenters. The summed E-state index contributed by atoms with van der Waals surface area (Å²) in [7, 11) is 0. The Bertz CT molecular complexity index is 624. The van der Waals surface area contributed by atoms with Crippen molar-refractivity contribution in [2.45, 2.75) is 12.7 Å². The van der Waals surface area contributed by atoms with Gasteiger partial charge in [0.05, 0.1) is 6.04 Å². The number of hydrogen-bond donors (Lipinski definition) is 1. The molecule has 0 bridgehead atoms. The molecule has 0 saturated heterocycles. The molecule has 2 nitrogen and oxygen atoms in total. The maximum atomic E-state index is 13.6. The van der Waals surface area contributed by atoms with Gasteiger partial charge in [0.25, 0.3) is 0 Å². The molecule has 112 valence electrons. The topological polar surface area (TPSA) is 35.2 Å². The molecule has 0 saturated carbocycles. The van der Waals surface area contributed by atoms with Crippen LogP contribution >= 0.6 is 0 Å². The molecule has 0 aliphatic rings. The lowest BCUT2D eigenvalue weighted by Crippen LogP contribution is -2.16. The Hall–Kier alpha value is -2.15. The Labute approximate surface area is 116 Å². The van der Waals surface area contributed by atoms with Gasteiger partial charge >= 0.3 is 6.61 Å². The molecule has 0 heterocycles. The third kappa shape index (κ3) is 3.49. The summed E-state index contributed by atoms with van der Waals surface area (Å²) in [5.41, 5.74) is 5.32. The van der Waals surface area contributed by atoms with Gasteiger partial charge in [-0.3, -0.25) is 0 Å². The second-order valence-electron chi connectivity index (χ2n) is 4.21. The maximum Gasteiger partial charge on any atom is 0.387 e. The van der Waals surface area contributed by atoms with Crippen LogP contribution in [0.25, 0.3) is 0 Å². The van der Waals surface area contributed by atoms with Crippen LogP contribution in [0.2, 0.25) is 0 Å². The lowest BCUT2D eigenvalue weighted by atomic mass is 9.98. The quantitative estimate of drug-likeness (QED) is 0.873. The van der Waals surface area contributed by atoms with Crippen molar-refractivity contribution in [3.05, 3.63) is 65.0 Å². The molecule has 0 aliphatic heterocycles. The van der Waals surface area contributed by atoms with E-state index in [1.54, 1.807) is 0 Å². The minimum atomic E-state index is -3.03. The van der Waals surface area contributed by atoms with Crippen LogP contribution in [-0.4, -0.2) is 6.61 Å². The zero-order valence-corrected chi connectivity index (χ0v) is 10.5. The molecule has 0 fully saturated rings. The average Bonchev–Trinajstić information content (AvgIpc) is 2.36. The molecule has 2 N–H and O–H groups in total. The minimum Gasteiger partial charge on any atom is -0.435 e. The Kier molecular flexibility index (Phi) is 4.42. The summed E-state index contributed by atoms with van der Waals surface area (Å²) in [6, 6.07) is 4.85. The van der Waals surface area contributed by atoms with Crippen molar-refractivity contribution < 1.29 is 26.7 Å². The Morgan fingerprint density at radius 3 is 2.14 bits per heavy atom. The molecule has 0 spiro atoms. The summed E-state index contributed by atoms with van der Waals surface area (Å²) in [5, 5.41) is 0. The van der Waals surface area contributed by atoms with Crippen molar-refractivity contribution in [1.29, 1.82) is 0 Å². The van der Waals surface area contributed by atoms with Gasteiger partial charge in [-0.1, -0.05) is 12.1 Å². The van der Waals surface area contributed by atoms with Crippen LogP contribution in [0.15, 0.2) is 36.4 Å². The van der Waals surface area contributed by atoms with Gasteiger partial charge in [-0.2, -0.15) is 8.78 Å². The standard InChI is InChI=1S/C14H10F5NO/c15-8-5-10(16)12(11(17)6-8)13(20)7-2-1-3-9(4-7)21-14(18)19/h1-6,13-14H,20H2. The van der Waals surface area contributed by atoms with Crippen molar-refractivity contribution >= 4 is 0 Å². The molecule has 1 atom stereocenters. The molecular weight excluding hydrogens is 293 g/mol. The molecule has 2 aromatic carbocycles. The summed E-state index contributed by atoms with van der Waals surface area (Å²) in [5.74, 6) is -3.57. The molecule has 7 heteroatoms. The zero-order chi connectivity index (χ0) is 15.6. The Morgan fingerprint density at radius 2 is 1.57 bits per heavy atom. The summed E-state index contributed by atoms with van der Waals surface area (Å²) < 4.78 is 68.6. The van der Waals surface area contributed by atoms with Gasteiger partial charge in [-0.15, -0.1) is 0 Å². The first kappa shape index (κ1) is 15.2. The average molecular weight is 303 g/mol. The van der Waals surface area contributed by atoms with E-state index in [1.165, 1.54) is 18.2 Å². The molecule has 0 aliphatic carbocycles. The van der Waals surface area contributed by atoms with Crippen molar-refractivity contribution in [2.24, 2.45) is 5.73 Å². The van der Waals surface area contributed by atoms with E-state index >= 15 is 0 Å². The van der Waals surface area contributed by atoms with Crippen LogP contribution in [0, 0.1) is 17.5 Å². The van der Waals surface area contributed by atoms with Crippen LogP contribution in [0.1, 0.15) is 17.2 Å². The van der Waals surface area contributed by atoms with Gasteiger partial charge < -0.3 is 10.5 Å². The highest BCUT2D eigenvalue weighted by Crippen LogP contribution is 2.28. The van der Waals surface area contributed by atoms with Crippen LogP contribution in [0.3, 0.4) is 0 Å². The summed E-state index contributed by atoms with van der Waals surface area (Å²) in [6.45, 7) is -3.03. The number of ether oxygens (including phenoxy) is 1. The fourth-order valence-electron chi connectivity index (χ4n) is 1.90. The van der Waals surface area contributed by atoms with Crippen LogP contribution < -0.4 is 10.5 Å². The van der Waals surface area contributed by atoms with E-state index in [0.717, 1.165) is 6.07 Å². The highest BCUT2D eigenvalue weighted by Gasteiger charge is 2.20. The molecule has 2 aromatic rings. The number of rotatable bonds is 4. The highest BCUT2D eigenvalue weighted by atomic mass is 19.3. The number of nitrogens with two attached hydrogens (primary N) is 1. The van der Waals surface area contributed by atoms with Crippen LogP contribution in [0.4, 0.5) is 22.0 Å². The second kappa shape index (κ2) is 6.09. The van der Waals surface area contributed by atoms with E-state index in [-0.39, 0.29) is 11.3 Å². The summed E-state index contributed by atoms with van der Waals surface area (Å²) in [6.07, 6.45) is 0. The van der Waals surface area contributed by atoms with Gasteiger partial charge in [-0.05, 0) is 17.7 Å². The fourth-order valence-corrected chi connectivity index (χ4v) is 1.90. The third-order valence-electron chi connectivity index (χ3n) is 2.80. The fraction of sp³-hybridized carbons (Fsp3) is 0.143. The predicted octanol–water partition coefficient (Wildman–Crippen LogP) is 3.75. The van der Waals surface area contributed by atoms with Gasteiger partial charge in [0.1, 0.15) is 23.2 Å². The number of hydrogen-bond acceptors (Lipinski definition) is 2. The van der Waals surface area contributed by atoms with Gasteiger partial charge in [-0.25, -0.2) is 13.2 Å². The van der Waals surface area contributed by atoms with Crippen molar-refractivity contribution in [3.63, 3.8) is 0 Å². The van der Waals surface area contributed by atoms with E-state index in [4.69, 9.17) is 5.73 Å². The SMILES string of the molecule is NC(c1cccc(OC(F)F)c1)c1c(F)cc(F)cc1F. The number of halogens is 5. The first-order valence-electron chi connectivity index (χ1n) is 5.83. The monoisotopic (exact) mass is 303 g/mol. The second-order valence-corrected chi connectivity index (χ2v) is 4.21. The van der Waals surface area contributed by atoms with Crippen molar-refractivity contribution in [3.8, 4) is 5.75 Å². The van der Waals surface area contributed by atoms with Gasteiger partial charge in [0, 0.05) is 17.7 Å². The van der Waals surface area contributed by atoms with E-state index in [9.17, 15) is 22.0 Å². The third-order valence-corrected chi connectivity index (χ3v) is 2.80. The van der Waals surface area contributed by atoms with Crippen LogP contribution in [0.5, 0.6) is 5.75 Å². The molecule has 0 amide bonds. The number of benzene rings is 2.